The van der Waals surface area contributed by atoms with E-state index in [0.29, 0.717) is 23.7 Å². The highest BCUT2D eigenvalue weighted by molar-refractivity contribution is 6.32. The van der Waals surface area contributed by atoms with Gasteiger partial charge in [0.05, 0.1) is 10.7 Å². The number of unbranched alkanes of at least 4 members (excludes halogenated alkanes) is 2. The molecule has 1 unspecified atom stereocenters. The summed E-state index contributed by atoms with van der Waals surface area (Å²) in [5, 5.41) is 7.33. The molecule has 1 aliphatic rings. The predicted molar refractivity (Wildman–Crippen MR) is 97.9 cm³/mol. The first-order valence-electron chi connectivity index (χ1n) is 8.57. The van der Waals surface area contributed by atoms with Crippen molar-refractivity contribution in [2.75, 3.05) is 13.2 Å². The van der Waals surface area contributed by atoms with Gasteiger partial charge in [0.1, 0.15) is 5.75 Å². The lowest BCUT2D eigenvalue weighted by Crippen LogP contribution is -2.32. The van der Waals surface area contributed by atoms with Gasteiger partial charge in [-0.05, 0) is 30.2 Å². The molecule has 0 fully saturated rings. The fraction of sp³-hybridized carbons (Fsp3) is 0.500. The van der Waals surface area contributed by atoms with Crippen LogP contribution in [0.25, 0.3) is 0 Å². The molecule has 2 N–H and O–H groups in total. The van der Waals surface area contributed by atoms with Gasteiger partial charge in [-0.15, -0.1) is 0 Å². The number of carbonyl (C=O) groups excluding carboxylic acids is 2. The van der Waals surface area contributed by atoms with Crippen LogP contribution in [0, 0.1) is 5.92 Å². The fourth-order valence-electron chi connectivity index (χ4n) is 2.58. The molecule has 2 amide bonds. The molecule has 6 nitrogen and oxygen atoms in total. The fourth-order valence-corrected chi connectivity index (χ4v) is 2.81. The molecule has 136 valence electrons. The van der Waals surface area contributed by atoms with Gasteiger partial charge in [-0.2, -0.15) is 5.10 Å². The van der Waals surface area contributed by atoms with Crippen molar-refractivity contribution in [3.05, 3.63) is 28.8 Å². The summed E-state index contributed by atoms with van der Waals surface area (Å²) < 4.78 is 5.49. The number of ether oxygens (including phenoxy) is 1. The number of amides is 2. The highest BCUT2D eigenvalue weighted by atomic mass is 35.5. The molecule has 1 aromatic carbocycles. The zero-order valence-corrected chi connectivity index (χ0v) is 15.4. The molecular formula is C18H24ClN3O3. The topological polar surface area (TPSA) is 79.8 Å². The third-order valence-electron chi connectivity index (χ3n) is 3.95. The van der Waals surface area contributed by atoms with Crippen LogP contribution in [0.15, 0.2) is 23.3 Å². The van der Waals surface area contributed by atoms with E-state index in [1.165, 1.54) is 0 Å². The first-order chi connectivity index (χ1) is 12.0. The number of hydrogen-bond acceptors (Lipinski definition) is 4. The lowest BCUT2D eigenvalue weighted by atomic mass is 9.94. The molecule has 1 aliphatic heterocycles. The maximum Gasteiger partial charge on any atom is 0.257 e. The van der Waals surface area contributed by atoms with Crippen LogP contribution in [0.1, 0.15) is 45.1 Å². The van der Waals surface area contributed by atoms with Crippen molar-refractivity contribution in [2.45, 2.75) is 39.5 Å². The molecular weight excluding hydrogens is 342 g/mol. The van der Waals surface area contributed by atoms with Crippen LogP contribution in [0.3, 0.4) is 0 Å². The molecule has 1 heterocycles. The minimum atomic E-state index is -0.163. The van der Waals surface area contributed by atoms with E-state index in [2.05, 4.69) is 22.8 Å². The zero-order valence-electron chi connectivity index (χ0n) is 14.6. The molecule has 25 heavy (non-hydrogen) atoms. The second-order valence-electron chi connectivity index (χ2n) is 6.13. The Morgan fingerprint density at radius 3 is 2.92 bits per heavy atom. The average molecular weight is 366 g/mol. The summed E-state index contributed by atoms with van der Waals surface area (Å²) in [6.07, 6.45) is 3.57. The lowest BCUT2D eigenvalue weighted by molar-refractivity contribution is -0.123. The molecule has 2 rings (SSSR count). The van der Waals surface area contributed by atoms with Crippen molar-refractivity contribution in [3.8, 4) is 5.75 Å². The SMILES string of the molecule is CCCCCNC(=O)COc1ccc(C2=NNC(=O)CC2C)cc1Cl. The second kappa shape index (κ2) is 9.42. The number of benzene rings is 1. The van der Waals surface area contributed by atoms with E-state index in [1.54, 1.807) is 12.1 Å². The summed E-state index contributed by atoms with van der Waals surface area (Å²) in [6.45, 7) is 4.65. The molecule has 0 spiro atoms. The average Bonchev–Trinajstić information content (AvgIpc) is 2.57. The first-order valence-corrected chi connectivity index (χ1v) is 8.95. The maximum atomic E-state index is 11.7. The summed E-state index contributed by atoms with van der Waals surface area (Å²) in [7, 11) is 0. The largest absolute Gasteiger partial charge is 0.482 e. The summed E-state index contributed by atoms with van der Waals surface area (Å²) in [6, 6.07) is 5.28. The molecule has 0 bridgehead atoms. The Hall–Kier alpha value is -2.08. The van der Waals surface area contributed by atoms with Crippen LogP contribution >= 0.6 is 11.6 Å². The number of rotatable bonds is 8. The number of carbonyl (C=O) groups is 2. The van der Waals surface area contributed by atoms with Gasteiger partial charge in [-0.1, -0.05) is 38.3 Å². The van der Waals surface area contributed by atoms with Crippen molar-refractivity contribution in [2.24, 2.45) is 11.0 Å². The highest BCUT2D eigenvalue weighted by Crippen LogP contribution is 2.27. The van der Waals surface area contributed by atoms with E-state index in [0.717, 1.165) is 30.5 Å². The summed E-state index contributed by atoms with van der Waals surface area (Å²) in [5.74, 6) is 0.212. The second-order valence-corrected chi connectivity index (χ2v) is 6.54. The van der Waals surface area contributed by atoms with E-state index < -0.39 is 0 Å². The van der Waals surface area contributed by atoms with E-state index >= 15 is 0 Å². The summed E-state index contributed by atoms with van der Waals surface area (Å²) in [5.41, 5.74) is 4.09. The van der Waals surface area contributed by atoms with Crippen LogP contribution in [0.2, 0.25) is 5.02 Å². The third-order valence-corrected chi connectivity index (χ3v) is 4.24. The molecule has 0 saturated heterocycles. The van der Waals surface area contributed by atoms with Crippen LogP contribution in [0.5, 0.6) is 5.75 Å². The van der Waals surface area contributed by atoms with Gasteiger partial charge in [-0.25, -0.2) is 5.43 Å². The Labute approximate surface area is 153 Å². The number of halogens is 1. The van der Waals surface area contributed by atoms with Crippen molar-refractivity contribution >= 4 is 29.1 Å². The Morgan fingerprint density at radius 1 is 1.44 bits per heavy atom. The molecule has 0 aromatic heterocycles. The van der Waals surface area contributed by atoms with Gasteiger partial charge in [0.15, 0.2) is 6.61 Å². The lowest BCUT2D eigenvalue weighted by Gasteiger charge is -2.19. The van der Waals surface area contributed by atoms with Crippen molar-refractivity contribution in [1.29, 1.82) is 0 Å². The van der Waals surface area contributed by atoms with E-state index in [4.69, 9.17) is 16.3 Å². The Balaban J connectivity index is 1.91. The minimum Gasteiger partial charge on any atom is -0.482 e. The van der Waals surface area contributed by atoms with E-state index in [9.17, 15) is 9.59 Å². The van der Waals surface area contributed by atoms with Crippen LogP contribution in [0.4, 0.5) is 0 Å². The van der Waals surface area contributed by atoms with Crippen molar-refractivity contribution < 1.29 is 14.3 Å². The van der Waals surface area contributed by atoms with E-state index in [-0.39, 0.29) is 24.3 Å². The smallest absolute Gasteiger partial charge is 0.257 e. The monoisotopic (exact) mass is 365 g/mol. The number of hydrazone groups is 1. The molecule has 0 radical (unpaired) electrons. The molecule has 1 aromatic rings. The number of hydrogen-bond donors (Lipinski definition) is 2. The van der Waals surface area contributed by atoms with Crippen LogP contribution < -0.4 is 15.5 Å². The molecule has 0 aliphatic carbocycles. The number of nitrogens with one attached hydrogen (secondary N) is 2. The van der Waals surface area contributed by atoms with Gasteiger partial charge in [0.2, 0.25) is 5.91 Å². The normalized spacial score (nSPS) is 16.8. The van der Waals surface area contributed by atoms with Gasteiger partial charge in [-0.3, -0.25) is 9.59 Å². The van der Waals surface area contributed by atoms with Crippen LogP contribution in [-0.2, 0) is 9.59 Å². The quantitative estimate of drug-likeness (QED) is 0.695. The van der Waals surface area contributed by atoms with Gasteiger partial charge in [0.25, 0.3) is 5.91 Å². The molecule has 0 saturated carbocycles. The van der Waals surface area contributed by atoms with Crippen molar-refractivity contribution in [1.82, 2.24) is 10.7 Å². The first kappa shape index (κ1) is 19.2. The Bertz CT molecular complexity index is 661. The van der Waals surface area contributed by atoms with Crippen LogP contribution in [-0.4, -0.2) is 30.7 Å². The van der Waals surface area contributed by atoms with Gasteiger partial charge >= 0.3 is 0 Å². The van der Waals surface area contributed by atoms with Gasteiger partial charge in [0, 0.05) is 18.9 Å². The summed E-state index contributed by atoms with van der Waals surface area (Å²) >= 11 is 6.25. The zero-order chi connectivity index (χ0) is 18.2. The standard InChI is InChI=1S/C18H24ClN3O3/c1-3-4-5-8-20-17(24)11-25-15-7-6-13(10-14(15)19)18-12(2)9-16(23)21-22-18/h6-7,10,12H,3-5,8-9,11H2,1-2H3,(H,20,24)(H,21,23). The Morgan fingerprint density at radius 2 is 2.24 bits per heavy atom. The highest BCUT2D eigenvalue weighted by Gasteiger charge is 2.22. The third kappa shape index (κ3) is 5.74. The summed E-state index contributed by atoms with van der Waals surface area (Å²) in [4.78, 5) is 23.1. The molecule has 7 heteroatoms. The predicted octanol–water partition coefficient (Wildman–Crippen LogP) is 2.89. The Kier molecular flexibility index (Phi) is 7.25. The maximum absolute atomic E-state index is 11.7. The minimum absolute atomic E-state index is 0.0190. The molecule has 1 atom stereocenters. The van der Waals surface area contributed by atoms with Crippen molar-refractivity contribution in [3.63, 3.8) is 0 Å². The van der Waals surface area contributed by atoms with E-state index in [1.807, 2.05) is 13.0 Å². The number of nitrogens with zero attached hydrogens (tertiary/aromatic N) is 1. The van der Waals surface area contributed by atoms with Gasteiger partial charge < -0.3 is 10.1 Å².